The Morgan fingerprint density at radius 1 is 1.64 bits per heavy atom. The van der Waals surface area contributed by atoms with E-state index < -0.39 is 4.92 Å². The summed E-state index contributed by atoms with van der Waals surface area (Å²) in [5.41, 5.74) is 7.02. The lowest BCUT2D eigenvalue weighted by Crippen LogP contribution is -2.24. The molecule has 0 radical (unpaired) electrons. The fraction of sp³-hybridized carbons (Fsp3) is 0.571. The maximum Gasteiger partial charge on any atom is 0.316 e. The monoisotopic (exact) mass is 328 g/mol. The first kappa shape index (κ1) is 16.8. The van der Waals surface area contributed by atoms with Gasteiger partial charge in [-0.2, -0.15) is 0 Å². The Morgan fingerprint density at radius 2 is 2.36 bits per heavy atom. The molecular formula is C14H21ClN4O3. The molecule has 1 saturated heterocycles. The van der Waals surface area contributed by atoms with E-state index in [2.05, 4.69) is 10.2 Å². The van der Waals surface area contributed by atoms with Gasteiger partial charge in [-0.15, -0.1) is 0 Å². The fourth-order valence-corrected chi connectivity index (χ4v) is 3.32. The van der Waals surface area contributed by atoms with Gasteiger partial charge in [-0.05, 0) is 30.5 Å². The highest BCUT2D eigenvalue weighted by molar-refractivity contribution is 6.35. The number of likely N-dealkylation sites (tertiary alicyclic amines) is 1. The molecule has 1 aliphatic rings. The Bertz CT molecular complexity index is 568. The van der Waals surface area contributed by atoms with Gasteiger partial charge in [0.1, 0.15) is 11.4 Å². The smallest absolute Gasteiger partial charge is 0.316 e. The summed E-state index contributed by atoms with van der Waals surface area (Å²) < 4.78 is 5.09. The lowest BCUT2D eigenvalue weighted by molar-refractivity contribution is -0.383. The molecule has 8 heteroatoms. The summed E-state index contributed by atoms with van der Waals surface area (Å²) in [5.74, 6) is 0.222. The van der Waals surface area contributed by atoms with Gasteiger partial charge in [0.25, 0.3) is 0 Å². The molecular weight excluding hydrogens is 308 g/mol. The van der Waals surface area contributed by atoms with Gasteiger partial charge in [0.2, 0.25) is 0 Å². The molecule has 1 aromatic rings. The van der Waals surface area contributed by atoms with Crippen molar-refractivity contribution in [2.75, 3.05) is 51.4 Å². The van der Waals surface area contributed by atoms with Gasteiger partial charge in [-0.25, -0.2) is 0 Å². The van der Waals surface area contributed by atoms with Crippen molar-refractivity contribution in [2.24, 2.45) is 0 Å². The van der Waals surface area contributed by atoms with Crippen LogP contribution in [0.15, 0.2) is 6.07 Å². The minimum Gasteiger partial charge on any atom is -0.393 e. The van der Waals surface area contributed by atoms with E-state index in [-0.39, 0.29) is 23.0 Å². The van der Waals surface area contributed by atoms with Crippen molar-refractivity contribution in [1.82, 2.24) is 4.90 Å². The predicted molar refractivity (Wildman–Crippen MR) is 87.7 cm³/mol. The molecule has 122 valence electrons. The molecule has 1 heterocycles. The zero-order valence-electron chi connectivity index (χ0n) is 12.8. The number of anilines is 2. The summed E-state index contributed by atoms with van der Waals surface area (Å²) in [5, 5.41) is 14.4. The number of halogens is 1. The summed E-state index contributed by atoms with van der Waals surface area (Å²) in [4.78, 5) is 13.0. The van der Waals surface area contributed by atoms with Crippen LogP contribution in [-0.2, 0) is 4.74 Å². The van der Waals surface area contributed by atoms with E-state index in [0.29, 0.717) is 11.6 Å². The molecule has 22 heavy (non-hydrogen) atoms. The summed E-state index contributed by atoms with van der Waals surface area (Å²) in [7, 11) is 3.29. The first-order valence-corrected chi connectivity index (χ1v) is 7.52. The van der Waals surface area contributed by atoms with Gasteiger partial charge in [-0.1, -0.05) is 11.6 Å². The average molecular weight is 329 g/mol. The molecule has 3 N–H and O–H groups in total. The van der Waals surface area contributed by atoms with Crippen LogP contribution in [0.4, 0.5) is 17.1 Å². The molecule has 1 aromatic carbocycles. The number of nitrogens with two attached hydrogens (primary N) is 1. The van der Waals surface area contributed by atoms with Gasteiger partial charge < -0.3 is 20.7 Å². The van der Waals surface area contributed by atoms with Gasteiger partial charge in [0, 0.05) is 27.2 Å². The van der Waals surface area contributed by atoms with Gasteiger partial charge in [0.05, 0.1) is 16.6 Å². The number of nitrogens with zero attached hydrogens (tertiary/aromatic N) is 2. The molecule has 1 aliphatic heterocycles. The number of nitrogen functional groups attached to an aromatic ring is 1. The lowest BCUT2D eigenvalue weighted by atomic mass is 9.96. The third-order valence-corrected chi connectivity index (χ3v) is 4.46. The van der Waals surface area contributed by atoms with Crippen LogP contribution in [0.25, 0.3) is 0 Å². The van der Waals surface area contributed by atoms with E-state index in [0.717, 1.165) is 31.6 Å². The summed E-state index contributed by atoms with van der Waals surface area (Å²) in [6.45, 7) is 3.36. The van der Waals surface area contributed by atoms with Crippen molar-refractivity contribution in [3.63, 3.8) is 0 Å². The molecule has 0 aromatic heterocycles. The first-order chi connectivity index (χ1) is 10.5. The predicted octanol–water partition coefficient (Wildman–Crippen LogP) is 2.31. The van der Waals surface area contributed by atoms with E-state index in [4.69, 9.17) is 22.1 Å². The second kappa shape index (κ2) is 7.13. The summed E-state index contributed by atoms with van der Waals surface area (Å²) in [6.07, 6.45) is 0.948. The Morgan fingerprint density at radius 3 is 2.95 bits per heavy atom. The molecule has 0 saturated carbocycles. The largest absolute Gasteiger partial charge is 0.393 e. The Balaban J connectivity index is 2.29. The number of nitro benzene ring substituents is 1. The van der Waals surface area contributed by atoms with E-state index >= 15 is 0 Å². The zero-order chi connectivity index (χ0) is 16.3. The maximum absolute atomic E-state index is 11.2. The molecule has 0 bridgehead atoms. The van der Waals surface area contributed by atoms with Crippen LogP contribution in [0.2, 0.25) is 5.02 Å². The standard InChI is InChI=1S/C14H21ClN4O3/c1-17-13-12(15)10(7-11(16)14(13)19(20)21)9-3-4-18(8-9)5-6-22-2/h7,9,17H,3-6,8,16H2,1-2H3. The van der Waals surface area contributed by atoms with Gasteiger partial charge >= 0.3 is 5.69 Å². The third-order valence-electron chi connectivity index (χ3n) is 4.05. The molecule has 0 amide bonds. The molecule has 1 atom stereocenters. The highest BCUT2D eigenvalue weighted by Gasteiger charge is 2.30. The second-order valence-electron chi connectivity index (χ2n) is 5.38. The third kappa shape index (κ3) is 3.26. The highest BCUT2D eigenvalue weighted by Crippen LogP contribution is 2.44. The van der Waals surface area contributed by atoms with Crippen molar-refractivity contribution in [3.05, 3.63) is 26.8 Å². The summed E-state index contributed by atoms with van der Waals surface area (Å²) in [6, 6.07) is 1.64. The van der Waals surface area contributed by atoms with E-state index in [1.54, 1.807) is 20.2 Å². The van der Waals surface area contributed by atoms with Crippen molar-refractivity contribution < 1.29 is 9.66 Å². The van der Waals surface area contributed by atoms with Crippen LogP contribution in [0.5, 0.6) is 0 Å². The fourth-order valence-electron chi connectivity index (χ4n) is 2.92. The lowest BCUT2D eigenvalue weighted by Gasteiger charge is -2.18. The van der Waals surface area contributed by atoms with Crippen LogP contribution in [-0.4, -0.2) is 50.2 Å². The van der Waals surface area contributed by atoms with Gasteiger partial charge in [0.15, 0.2) is 0 Å². The Kier molecular flexibility index (Phi) is 5.44. The number of benzene rings is 1. The number of nitro groups is 1. The molecule has 1 fully saturated rings. The number of rotatable bonds is 6. The minimum absolute atomic E-state index is 0.143. The van der Waals surface area contributed by atoms with Crippen molar-refractivity contribution in [1.29, 1.82) is 0 Å². The zero-order valence-corrected chi connectivity index (χ0v) is 13.5. The first-order valence-electron chi connectivity index (χ1n) is 7.14. The Hall–Kier alpha value is -1.57. The minimum atomic E-state index is -0.504. The molecule has 7 nitrogen and oxygen atoms in total. The van der Waals surface area contributed by atoms with Crippen molar-refractivity contribution >= 4 is 28.7 Å². The molecule has 1 unspecified atom stereocenters. The molecule has 0 spiro atoms. The van der Waals surface area contributed by atoms with Crippen LogP contribution in [0.1, 0.15) is 17.9 Å². The van der Waals surface area contributed by atoms with E-state index in [1.807, 2.05) is 0 Å². The topological polar surface area (TPSA) is 93.7 Å². The second-order valence-corrected chi connectivity index (χ2v) is 5.76. The van der Waals surface area contributed by atoms with Crippen molar-refractivity contribution in [2.45, 2.75) is 12.3 Å². The van der Waals surface area contributed by atoms with Crippen LogP contribution >= 0.6 is 11.6 Å². The highest BCUT2D eigenvalue weighted by atomic mass is 35.5. The van der Waals surface area contributed by atoms with Crippen LogP contribution < -0.4 is 11.1 Å². The van der Waals surface area contributed by atoms with E-state index in [1.165, 1.54) is 0 Å². The van der Waals surface area contributed by atoms with Crippen LogP contribution in [0.3, 0.4) is 0 Å². The normalized spacial score (nSPS) is 18.6. The van der Waals surface area contributed by atoms with E-state index in [9.17, 15) is 10.1 Å². The maximum atomic E-state index is 11.2. The molecule has 2 rings (SSSR count). The average Bonchev–Trinajstić information content (AvgIpc) is 2.94. The quantitative estimate of drug-likeness (QED) is 0.473. The number of nitrogens with one attached hydrogen (secondary N) is 1. The Labute approximate surface area is 134 Å². The number of hydrogen-bond donors (Lipinski definition) is 2. The summed E-state index contributed by atoms with van der Waals surface area (Å²) >= 11 is 6.40. The van der Waals surface area contributed by atoms with Crippen LogP contribution in [0, 0.1) is 10.1 Å². The SMILES string of the molecule is CNc1c(Cl)c(C2CCN(CCOC)C2)cc(N)c1[N+](=O)[O-]. The van der Waals surface area contributed by atoms with Crippen molar-refractivity contribution in [3.8, 4) is 0 Å². The number of methoxy groups -OCH3 is 1. The number of ether oxygens (including phenoxy) is 1. The molecule has 0 aliphatic carbocycles. The number of hydrogen-bond acceptors (Lipinski definition) is 6. The van der Waals surface area contributed by atoms with Gasteiger partial charge in [-0.3, -0.25) is 10.1 Å².